The Hall–Kier alpha value is -1.95. The van der Waals surface area contributed by atoms with E-state index in [-0.39, 0.29) is 11.9 Å². The molecule has 2 aliphatic rings. The van der Waals surface area contributed by atoms with Crippen LogP contribution in [0.1, 0.15) is 32.3 Å². The molecule has 1 saturated carbocycles. The van der Waals surface area contributed by atoms with E-state index >= 15 is 0 Å². The highest BCUT2D eigenvalue weighted by Gasteiger charge is 2.50. The molecule has 3 heterocycles. The lowest BCUT2D eigenvalue weighted by atomic mass is 9.84. The number of aromatic nitrogens is 2. The van der Waals surface area contributed by atoms with Crippen LogP contribution < -0.4 is 10.2 Å². The third kappa shape index (κ3) is 2.40. The molecule has 2 aromatic rings. The second kappa shape index (κ2) is 5.55. The molecular formula is C18H19BrN4O. The van der Waals surface area contributed by atoms with Crippen LogP contribution in [0.2, 0.25) is 0 Å². The molecule has 5 nitrogen and oxygen atoms in total. The van der Waals surface area contributed by atoms with Crippen molar-refractivity contribution in [2.24, 2.45) is 0 Å². The summed E-state index contributed by atoms with van der Waals surface area (Å²) in [7, 11) is 0. The first-order valence-electron chi connectivity index (χ1n) is 8.14. The van der Waals surface area contributed by atoms with Gasteiger partial charge in [0.1, 0.15) is 11.6 Å². The molecule has 0 aromatic carbocycles. The third-order valence-corrected chi connectivity index (χ3v) is 5.47. The van der Waals surface area contributed by atoms with Gasteiger partial charge in [-0.3, -0.25) is 9.69 Å². The second-order valence-corrected chi connectivity index (χ2v) is 7.92. The molecular weight excluding hydrogens is 368 g/mol. The molecule has 1 fully saturated rings. The summed E-state index contributed by atoms with van der Waals surface area (Å²) < 4.78 is 0.965. The molecule has 2 aromatic heterocycles. The van der Waals surface area contributed by atoms with Gasteiger partial charge in [0.15, 0.2) is 0 Å². The van der Waals surface area contributed by atoms with Crippen molar-refractivity contribution in [3.63, 3.8) is 0 Å². The second-order valence-electron chi connectivity index (χ2n) is 7.00. The number of hydrogen-bond donors (Lipinski definition) is 1. The largest absolute Gasteiger partial charge is 0.367 e. The molecule has 4 rings (SSSR count). The predicted octanol–water partition coefficient (Wildman–Crippen LogP) is 3.51. The summed E-state index contributed by atoms with van der Waals surface area (Å²) >= 11 is 3.39. The highest BCUT2D eigenvalue weighted by molar-refractivity contribution is 9.10. The lowest BCUT2D eigenvalue weighted by Gasteiger charge is -2.41. The summed E-state index contributed by atoms with van der Waals surface area (Å²) in [5, 5.41) is 3.43. The minimum atomic E-state index is -0.491. The van der Waals surface area contributed by atoms with Gasteiger partial charge < -0.3 is 5.32 Å². The van der Waals surface area contributed by atoms with Crippen molar-refractivity contribution in [2.75, 3.05) is 10.2 Å². The fourth-order valence-corrected chi connectivity index (χ4v) is 3.75. The molecule has 1 amide bonds. The molecule has 1 aliphatic heterocycles. The van der Waals surface area contributed by atoms with Crippen molar-refractivity contribution < 1.29 is 4.79 Å². The van der Waals surface area contributed by atoms with Crippen LogP contribution in [0.5, 0.6) is 0 Å². The van der Waals surface area contributed by atoms with Gasteiger partial charge in [-0.25, -0.2) is 9.97 Å². The fourth-order valence-electron chi connectivity index (χ4n) is 3.51. The Bertz CT molecular complexity index is 784. The summed E-state index contributed by atoms with van der Waals surface area (Å²) in [5.41, 5.74) is 0.538. The summed E-state index contributed by atoms with van der Waals surface area (Å²) in [5.74, 6) is 1.85. The first-order chi connectivity index (χ1) is 11.5. The van der Waals surface area contributed by atoms with Crippen molar-refractivity contribution in [3.05, 3.63) is 46.7 Å². The van der Waals surface area contributed by atoms with Crippen LogP contribution in [0.25, 0.3) is 0 Å². The standard InChI is InChI=1S/C18H19BrN4O/c1-18(2)14-4-3-7-20-16(14)23(17(18)24)13-8-12(9-13)22-15-6-5-11(19)10-21-15/h3-7,10,12-13H,8-9H2,1-2H3,(H,21,22). The molecule has 0 atom stereocenters. The zero-order valence-corrected chi connectivity index (χ0v) is 15.2. The molecule has 0 spiro atoms. The normalized spacial score (nSPS) is 24.5. The van der Waals surface area contributed by atoms with Gasteiger partial charge in [-0.05, 0) is 60.8 Å². The highest BCUT2D eigenvalue weighted by Crippen LogP contribution is 2.44. The number of rotatable bonds is 3. The van der Waals surface area contributed by atoms with Gasteiger partial charge in [-0.15, -0.1) is 0 Å². The van der Waals surface area contributed by atoms with Gasteiger partial charge in [-0.2, -0.15) is 0 Å². The quantitative estimate of drug-likeness (QED) is 0.876. The number of hydrogen-bond acceptors (Lipinski definition) is 4. The zero-order valence-electron chi connectivity index (χ0n) is 13.7. The van der Waals surface area contributed by atoms with Crippen LogP contribution in [-0.2, 0) is 10.2 Å². The van der Waals surface area contributed by atoms with Gasteiger partial charge in [0.2, 0.25) is 5.91 Å². The summed E-state index contributed by atoms with van der Waals surface area (Å²) in [4.78, 5) is 23.6. The number of carbonyl (C=O) groups excluding carboxylic acids is 1. The minimum Gasteiger partial charge on any atom is -0.367 e. The van der Waals surface area contributed by atoms with E-state index in [1.807, 2.05) is 43.0 Å². The maximum Gasteiger partial charge on any atom is 0.238 e. The molecule has 124 valence electrons. The van der Waals surface area contributed by atoms with Gasteiger partial charge in [0, 0.05) is 34.5 Å². The zero-order chi connectivity index (χ0) is 16.9. The van der Waals surface area contributed by atoms with Gasteiger partial charge in [-0.1, -0.05) is 6.07 Å². The van der Waals surface area contributed by atoms with Crippen LogP contribution in [0, 0.1) is 0 Å². The molecule has 0 unspecified atom stereocenters. The molecule has 6 heteroatoms. The van der Waals surface area contributed by atoms with Crippen molar-refractivity contribution in [3.8, 4) is 0 Å². The Morgan fingerprint density at radius 1 is 1.25 bits per heavy atom. The van der Waals surface area contributed by atoms with Crippen molar-refractivity contribution in [2.45, 2.75) is 44.2 Å². The summed E-state index contributed by atoms with van der Waals surface area (Å²) in [6, 6.07) is 8.40. The average Bonchev–Trinajstić information content (AvgIpc) is 2.73. The lowest BCUT2D eigenvalue weighted by molar-refractivity contribution is -0.122. The number of amides is 1. The lowest BCUT2D eigenvalue weighted by Crippen LogP contribution is -2.53. The first-order valence-corrected chi connectivity index (χ1v) is 8.93. The van der Waals surface area contributed by atoms with Crippen LogP contribution in [-0.4, -0.2) is 28.0 Å². The van der Waals surface area contributed by atoms with Crippen LogP contribution in [0.15, 0.2) is 41.1 Å². The monoisotopic (exact) mass is 386 g/mol. The Labute approximate surface area is 149 Å². The molecule has 1 aliphatic carbocycles. The Morgan fingerprint density at radius 2 is 2.04 bits per heavy atom. The Kier molecular flexibility index (Phi) is 3.60. The van der Waals surface area contributed by atoms with Crippen molar-refractivity contribution in [1.82, 2.24) is 9.97 Å². The van der Waals surface area contributed by atoms with E-state index in [4.69, 9.17) is 0 Å². The molecule has 24 heavy (non-hydrogen) atoms. The van der Waals surface area contributed by atoms with E-state index < -0.39 is 5.41 Å². The highest BCUT2D eigenvalue weighted by atomic mass is 79.9. The van der Waals surface area contributed by atoms with Crippen molar-refractivity contribution >= 4 is 33.5 Å². The van der Waals surface area contributed by atoms with Crippen LogP contribution in [0.3, 0.4) is 0 Å². The number of nitrogens with one attached hydrogen (secondary N) is 1. The number of anilines is 2. The SMILES string of the molecule is CC1(C)C(=O)N(C2CC(Nc3ccc(Br)cn3)C2)c2ncccc21. The molecule has 0 bridgehead atoms. The topological polar surface area (TPSA) is 58.1 Å². The summed E-state index contributed by atoms with van der Waals surface area (Å²) in [6.07, 6.45) is 5.37. The van der Waals surface area contributed by atoms with Gasteiger partial charge in [0.25, 0.3) is 0 Å². The maximum atomic E-state index is 12.9. The number of nitrogens with zero attached hydrogens (tertiary/aromatic N) is 3. The van der Waals surface area contributed by atoms with E-state index in [0.29, 0.717) is 6.04 Å². The number of carbonyl (C=O) groups is 1. The molecule has 0 saturated heterocycles. The van der Waals surface area contributed by atoms with E-state index in [1.54, 1.807) is 12.4 Å². The smallest absolute Gasteiger partial charge is 0.238 e. The molecule has 0 radical (unpaired) electrons. The molecule has 1 N–H and O–H groups in total. The average molecular weight is 387 g/mol. The maximum absolute atomic E-state index is 12.9. The predicted molar refractivity (Wildman–Crippen MR) is 97.1 cm³/mol. The van der Waals surface area contributed by atoms with Crippen LogP contribution in [0.4, 0.5) is 11.6 Å². The fraction of sp³-hybridized carbons (Fsp3) is 0.389. The first kappa shape index (κ1) is 15.6. The number of halogens is 1. The van der Waals surface area contributed by atoms with Crippen LogP contribution >= 0.6 is 15.9 Å². The number of pyridine rings is 2. The van der Waals surface area contributed by atoms with E-state index in [9.17, 15) is 4.79 Å². The Balaban J connectivity index is 1.47. The Morgan fingerprint density at radius 3 is 2.75 bits per heavy atom. The van der Waals surface area contributed by atoms with Gasteiger partial charge in [0.05, 0.1) is 5.41 Å². The third-order valence-electron chi connectivity index (χ3n) is 5.00. The number of fused-ring (bicyclic) bond motifs is 1. The minimum absolute atomic E-state index is 0.154. The van der Waals surface area contributed by atoms with Crippen molar-refractivity contribution in [1.29, 1.82) is 0 Å². The van der Waals surface area contributed by atoms with E-state index in [1.165, 1.54) is 0 Å². The van der Waals surface area contributed by atoms with Gasteiger partial charge >= 0.3 is 0 Å². The van der Waals surface area contributed by atoms with E-state index in [0.717, 1.165) is 34.5 Å². The summed E-state index contributed by atoms with van der Waals surface area (Å²) in [6.45, 7) is 3.96. The van der Waals surface area contributed by atoms with E-state index in [2.05, 4.69) is 31.2 Å².